The Morgan fingerprint density at radius 1 is 1.36 bits per heavy atom. The molecule has 1 aromatic heterocycles. The number of aromatic amines is 1. The van der Waals surface area contributed by atoms with Crippen LogP contribution in [0.5, 0.6) is 0 Å². The first kappa shape index (κ1) is 14.6. The summed E-state index contributed by atoms with van der Waals surface area (Å²) in [4.78, 5) is 14.5. The molecule has 0 radical (unpaired) electrons. The highest BCUT2D eigenvalue weighted by Crippen LogP contribution is 2.26. The van der Waals surface area contributed by atoms with Gasteiger partial charge in [0.05, 0.1) is 36.7 Å². The largest absolute Gasteiger partial charge is 0.378 e. The Labute approximate surface area is 129 Å². The zero-order chi connectivity index (χ0) is 15.4. The molecule has 1 fully saturated rings. The van der Waals surface area contributed by atoms with Gasteiger partial charge in [-0.3, -0.25) is 9.89 Å². The molecule has 0 atom stereocenters. The molecule has 1 amide bonds. The number of rotatable bonds is 4. The number of amides is 1. The minimum atomic E-state index is -0.0628. The molecular formula is C16H20N4O2. The maximum absolute atomic E-state index is 12.2. The Bertz CT molecular complexity index is 647. The lowest BCUT2D eigenvalue weighted by atomic mass is 10.2. The third-order valence-electron chi connectivity index (χ3n) is 3.63. The van der Waals surface area contributed by atoms with E-state index in [2.05, 4.69) is 20.4 Å². The predicted octanol–water partition coefficient (Wildman–Crippen LogP) is 1.74. The van der Waals surface area contributed by atoms with Crippen LogP contribution in [0.1, 0.15) is 11.4 Å². The second-order valence-corrected chi connectivity index (χ2v) is 5.38. The number of benzene rings is 1. The van der Waals surface area contributed by atoms with Crippen LogP contribution in [-0.2, 0) is 16.0 Å². The van der Waals surface area contributed by atoms with Gasteiger partial charge in [0.2, 0.25) is 5.91 Å². The zero-order valence-corrected chi connectivity index (χ0v) is 12.6. The number of hydrogen-bond acceptors (Lipinski definition) is 4. The van der Waals surface area contributed by atoms with Crippen molar-refractivity contribution < 1.29 is 9.53 Å². The van der Waals surface area contributed by atoms with Gasteiger partial charge in [0, 0.05) is 18.8 Å². The van der Waals surface area contributed by atoms with Crippen LogP contribution in [0.4, 0.5) is 11.4 Å². The Kier molecular flexibility index (Phi) is 4.39. The van der Waals surface area contributed by atoms with Crippen molar-refractivity contribution in [3.05, 3.63) is 41.7 Å². The summed E-state index contributed by atoms with van der Waals surface area (Å²) in [7, 11) is 0. The molecule has 0 bridgehead atoms. The maximum Gasteiger partial charge on any atom is 0.230 e. The van der Waals surface area contributed by atoms with Crippen molar-refractivity contribution in [2.24, 2.45) is 0 Å². The van der Waals surface area contributed by atoms with Gasteiger partial charge in [-0.05, 0) is 25.1 Å². The summed E-state index contributed by atoms with van der Waals surface area (Å²) in [6.45, 7) is 5.03. The van der Waals surface area contributed by atoms with E-state index >= 15 is 0 Å². The second-order valence-electron chi connectivity index (χ2n) is 5.38. The van der Waals surface area contributed by atoms with E-state index < -0.39 is 0 Å². The maximum atomic E-state index is 12.2. The fourth-order valence-corrected chi connectivity index (χ4v) is 2.58. The minimum absolute atomic E-state index is 0.0628. The molecule has 2 aromatic rings. The van der Waals surface area contributed by atoms with Crippen molar-refractivity contribution in [2.75, 3.05) is 36.5 Å². The van der Waals surface area contributed by atoms with E-state index in [4.69, 9.17) is 4.74 Å². The number of nitrogens with one attached hydrogen (secondary N) is 2. The molecule has 0 saturated carbocycles. The van der Waals surface area contributed by atoms with Crippen LogP contribution in [0, 0.1) is 6.92 Å². The van der Waals surface area contributed by atoms with E-state index in [1.807, 2.05) is 37.3 Å². The first-order valence-electron chi connectivity index (χ1n) is 7.45. The SMILES string of the molecule is Cc1cc(CC(=O)Nc2ccccc2N2CCOCC2)n[nH]1. The van der Waals surface area contributed by atoms with Gasteiger partial charge < -0.3 is 15.0 Å². The van der Waals surface area contributed by atoms with E-state index in [1.54, 1.807) is 0 Å². The molecule has 2 N–H and O–H groups in total. The van der Waals surface area contributed by atoms with Crippen LogP contribution in [0.2, 0.25) is 0 Å². The quantitative estimate of drug-likeness (QED) is 0.902. The van der Waals surface area contributed by atoms with E-state index in [9.17, 15) is 4.79 Å². The van der Waals surface area contributed by atoms with Crippen LogP contribution < -0.4 is 10.2 Å². The summed E-state index contributed by atoms with van der Waals surface area (Å²) < 4.78 is 5.38. The molecule has 0 unspecified atom stereocenters. The van der Waals surface area contributed by atoms with Crippen molar-refractivity contribution in [3.63, 3.8) is 0 Å². The molecule has 1 aliphatic heterocycles. The van der Waals surface area contributed by atoms with Crippen LogP contribution in [-0.4, -0.2) is 42.4 Å². The average molecular weight is 300 g/mol. The average Bonchev–Trinajstić information content (AvgIpc) is 2.93. The first-order valence-corrected chi connectivity index (χ1v) is 7.45. The standard InChI is InChI=1S/C16H20N4O2/c1-12-10-13(19-18-12)11-16(21)17-14-4-2-3-5-15(14)20-6-8-22-9-7-20/h2-5,10H,6-9,11H2,1H3,(H,17,21)(H,18,19). The molecule has 1 saturated heterocycles. The molecule has 1 aliphatic rings. The number of anilines is 2. The van der Waals surface area contributed by atoms with Gasteiger partial charge in [-0.1, -0.05) is 12.1 Å². The second kappa shape index (κ2) is 6.62. The highest BCUT2D eigenvalue weighted by atomic mass is 16.5. The van der Waals surface area contributed by atoms with Crippen molar-refractivity contribution in [2.45, 2.75) is 13.3 Å². The van der Waals surface area contributed by atoms with Gasteiger partial charge >= 0.3 is 0 Å². The Morgan fingerprint density at radius 3 is 2.86 bits per heavy atom. The van der Waals surface area contributed by atoms with Crippen LogP contribution >= 0.6 is 0 Å². The Balaban J connectivity index is 1.70. The molecule has 2 heterocycles. The lowest BCUT2D eigenvalue weighted by Gasteiger charge is -2.30. The summed E-state index contributed by atoms with van der Waals surface area (Å²) >= 11 is 0. The van der Waals surface area contributed by atoms with Crippen molar-refractivity contribution in [1.82, 2.24) is 10.2 Å². The van der Waals surface area contributed by atoms with Crippen molar-refractivity contribution in [1.29, 1.82) is 0 Å². The summed E-state index contributed by atoms with van der Waals surface area (Å²) in [5.41, 5.74) is 3.58. The van der Waals surface area contributed by atoms with Gasteiger partial charge in [-0.25, -0.2) is 0 Å². The summed E-state index contributed by atoms with van der Waals surface area (Å²) in [5.74, 6) is -0.0628. The molecule has 116 valence electrons. The van der Waals surface area contributed by atoms with Crippen molar-refractivity contribution in [3.8, 4) is 0 Å². The molecule has 0 spiro atoms. The normalized spacial score (nSPS) is 14.9. The van der Waals surface area contributed by atoms with E-state index in [1.165, 1.54) is 0 Å². The topological polar surface area (TPSA) is 70.2 Å². The number of carbonyl (C=O) groups is 1. The molecule has 6 heteroatoms. The van der Waals surface area contributed by atoms with E-state index in [0.29, 0.717) is 0 Å². The highest BCUT2D eigenvalue weighted by Gasteiger charge is 2.16. The smallest absolute Gasteiger partial charge is 0.230 e. The van der Waals surface area contributed by atoms with Gasteiger partial charge in [0.1, 0.15) is 0 Å². The molecular weight excluding hydrogens is 280 g/mol. The molecule has 1 aromatic carbocycles. The fourth-order valence-electron chi connectivity index (χ4n) is 2.58. The third kappa shape index (κ3) is 3.46. The van der Waals surface area contributed by atoms with E-state index in [-0.39, 0.29) is 12.3 Å². The Hall–Kier alpha value is -2.34. The van der Waals surface area contributed by atoms with E-state index in [0.717, 1.165) is 49.1 Å². The highest BCUT2D eigenvalue weighted by molar-refractivity contribution is 5.95. The Morgan fingerprint density at radius 2 is 2.14 bits per heavy atom. The lowest BCUT2D eigenvalue weighted by molar-refractivity contribution is -0.115. The van der Waals surface area contributed by atoms with Gasteiger partial charge in [-0.15, -0.1) is 0 Å². The number of H-pyrrole nitrogens is 1. The number of morpholine rings is 1. The number of hydrogen-bond donors (Lipinski definition) is 2. The lowest BCUT2D eigenvalue weighted by Crippen LogP contribution is -2.36. The van der Waals surface area contributed by atoms with Crippen LogP contribution in [0.3, 0.4) is 0 Å². The van der Waals surface area contributed by atoms with Gasteiger partial charge in [0.15, 0.2) is 0 Å². The van der Waals surface area contributed by atoms with Crippen LogP contribution in [0.25, 0.3) is 0 Å². The summed E-state index contributed by atoms with van der Waals surface area (Å²) in [5, 5.41) is 9.94. The number of carbonyl (C=O) groups excluding carboxylic acids is 1. The number of aryl methyl sites for hydroxylation is 1. The van der Waals surface area contributed by atoms with Crippen LogP contribution in [0.15, 0.2) is 30.3 Å². The molecule has 6 nitrogen and oxygen atoms in total. The number of para-hydroxylation sites is 2. The zero-order valence-electron chi connectivity index (χ0n) is 12.6. The van der Waals surface area contributed by atoms with Crippen molar-refractivity contribution >= 4 is 17.3 Å². The van der Waals surface area contributed by atoms with Gasteiger partial charge in [0.25, 0.3) is 0 Å². The fraction of sp³-hybridized carbons (Fsp3) is 0.375. The number of nitrogens with zero attached hydrogens (tertiary/aromatic N) is 2. The third-order valence-corrected chi connectivity index (χ3v) is 3.63. The predicted molar refractivity (Wildman–Crippen MR) is 85.1 cm³/mol. The summed E-state index contributed by atoms with van der Waals surface area (Å²) in [6, 6.07) is 9.75. The molecule has 3 rings (SSSR count). The number of ether oxygens (including phenoxy) is 1. The number of aromatic nitrogens is 2. The molecule has 22 heavy (non-hydrogen) atoms. The van der Waals surface area contributed by atoms with Gasteiger partial charge in [-0.2, -0.15) is 5.10 Å². The monoisotopic (exact) mass is 300 g/mol. The molecule has 0 aliphatic carbocycles. The first-order chi connectivity index (χ1) is 10.7. The minimum Gasteiger partial charge on any atom is -0.378 e. The summed E-state index contributed by atoms with van der Waals surface area (Å²) in [6.07, 6.45) is 0.266.